The molecular formula is C20H21N5O3S2. The Balaban J connectivity index is 1.57. The Labute approximate surface area is 179 Å². The van der Waals surface area contributed by atoms with E-state index in [1.807, 2.05) is 12.1 Å². The number of ether oxygens (including phenoxy) is 1. The molecule has 0 unspecified atom stereocenters. The highest BCUT2D eigenvalue weighted by Gasteiger charge is 2.33. The quantitative estimate of drug-likeness (QED) is 0.611. The fraction of sp³-hybridized carbons (Fsp3) is 0.350. The van der Waals surface area contributed by atoms with Gasteiger partial charge in [-0.25, -0.2) is 18.4 Å². The molecule has 10 heteroatoms. The van der Waals surface area contributed by atoms with Crippen LogP contribution in [0.25, 0.3) is 11.4 Å². The Morgan fingerprint density at radius 1 is 1.07 bits per heavy atom. The largest absolute Gasteiger partial charge is 0.378 e. The fourth-order valence-corrected chi connectivity index (χ4v) is 6.33. The molecule has 0 radical (unpaired) electrons. The summed E-state index contributed by atoms with van der Waals surface area (Å²) in [5.74, 6) is 1.42. The molecule has 0 N–H and O–H groups in total. The number of thiophene rings is 1. The van der Waals surface area contributed by atoms with Gasteiger partial charge < -0.3 is 9.64 Å². The molecule has 0 spiro atoms. The molecule has 5 heterocycles. The van der Waals surface area contributed by atoms with E-state index in [9.17, 15) is 8.42 Å². The third-order valence-corrected chi connectivity index (χ3v) is 8.54. The van der Waals surface area contributed by atoms with Gasteiger partial charge in [0.1, 0.15) is 10.0 Å². The first-order valence-electron chi connectivity index (χ1n) is 9.79. The number of rotatable bonds is 4. The minimum Gasteiger partial charge on any atom is -0.378 e. The van der Waals surface area contributed by atoms with Gasteiger partial charge in [-0.1, -0.05) is 6.07 Å². The average molecular weight is 444 g/mol. The maximum absolute atomic E-state index is 13.1. The summed E-state index contributed by atoms with van der Waals surface area (Å²) in [5.41, 5.74) is 2.64. The minimum absolute atomic E-state index is 0.273. The van der Waals surface area contributed by atoms with E-state index in [1.165, 1.54) is 15.6 Å². The second-order valence-electron chi connectivity index (χ2n) is 7.16. The maximum atomic E-state index is 13.1. The molecule has 1 fully saturated rings. The molecule has 5 rings (SSSR count). The number of pyridine rings is 1. The highest BCUT2D eigenvalue weighted by atomic mass is 32.2. The number of hydrogen-bond donors (Lipinski definition) is 0. The zero-order valence-corrected chi connectivity index (χ0v) is 17.9. The SMILES string of the molecule is O=S(=O)(c1cccs1)N1CCc2nc(-c3cccnc3)nc(N3CCOCC3)c2C1. The molecule has 8 nitrogen and oxygen atoms in total. The van der Waals surface area contributed by atoms with Gasteiger partial charge in [-0.2, -0.15) is 4.31 Å². The zero-order chi connectivity index (χ0) is 20.6. The molecule has 0 aromatic carbocycles. The molecule has 0 aliphatic carbocycles. The lowest BCUT2D eigenvalue weighted by Crippen LogP contribution is -2.41. The topological polar surface area (TPSA) is 88.5 Å². The smallest absolute Gasteiger partial charge is 0.252 e. The van der Waals surface area contributed by atoms with Gasteiger partial charge in [0.25, 0.3) is 10.0 Å². The van der Waals surface area contributed by atoms with Gasteiger partial charge in [0, 0.05) is 56.1 Å². The monoisotopic (exact) mass is 443 g/mol. The van der Waals surface area contributed by atoms with Crippen LogP contribution in [0.1, 0.15) is 11.3 Å². The second kappa shape index (κ2) is 8.03. The van der Waals surface area contributed by atoms with E-state index in [4.69, 9.17) is 14.7 Å². The molecule has 2 aliphatic heterocycles. The molecule has 3 aromatic heterocycles. The Morgan fingerprint density at radius 2 is 1.93 bits per heavy atom. The fourth-order valence-electron chi connectivity index (χ4n) is 3.78. The summed E-state index contributed by atoms with van der Waals surface area (Å²) >= 11 is 1.24. The normalized spacial score (nSPS) is 17.7. The van der Waals surface area contributed by atoms with Gasteiger partial charge in [0.2, 0.25) is 0 Å². The summed E-state index contributed by atoms with van der Waals surface area (Å²) in [4.78, 5) is 16.0. The summed E-state index contributed by atoms with van der Waals surface area (Å²) in [6.07, 6.45) is 4.02. The predicted molar refractivity (Wildman–Crippen MR) is 114 cm³/mol. The van der Waals surface area contributed by atoms with Crippen molar-refractivity contribution < 1.29 is 13.2 Å². The summed E-state index contributed by atoms with van der Waals surface area (Å²) in [5, 5.41) is 1.78. The van der Waals surface area contributed by atoms with Gasteiger partial charge in [-0.05, 0) is 23.6 Å². The summed E-state index contributed by atoms with van der Waals surface area (Å²) in [6, 6.07) is 7.22. The van der Waals surface area contributed by atoms with Gasteiger partial charge in [0.05, 0.1) is 18.9 Å². The van der Waals surface area contributed by atoms with E-state index < -0.39 is 10.0 Å². The van der Waals surface area contributed by atoms with Gasteiger partial charge in [0.15, 0.2) is 5.82 Å². The van der Waals surface area contributed by atoms with Crippen LogP contribution < -0.4 is 4.90 Å². The Kier molecular flexibility index (Phi) is 5.23. The number of fused-ring (bicyclic) bond motifs is 1. The molecule has 0 amide bonds. The molecule has 0 atom stereocenters. The second-order valence-corrected chi connectivity index (χ2v) is 10.3. The van der Waals surface area contributed by atoms with Crippen molar-refractivity contribution in [1.82, 2.24) is 19.3 Å². The van der Waals surface area contributed by atoms with Crippen molar-refractivity contribution in [2.45, 2.75) is 17.2 Å². The third kappa shape index (κ3) is 3.60. The Hall–Kier alpha value is -2.40. The van der Waals surface area contributed by atoms with Gasteiger partial charge in [-0.3, -0.25) is 4.98 Å². The lowest BCUT2D eigenvalue weighted by Gasteiger charge is -2.34. The van der Waals surface area contributed by atoms with E-state index in [0.29, 0.717) is 49.3 Å². The molecule has 1 saturated heterocycles. The number of morpholine rings is 1. The highest BCUT2D eigenvalue weighted by molar-refractivity contribution is 7.91. The van der Waals surface area contributed by atoms with E-state index in [-0.39, 0.29) is 6.54 Å². The van der Waals surface area contributed by atoms with Crippen molar-refractivity contribution in [3.05, 3.63) is 53.3 Å². The Morgan fingerprint density at radius 3 is 2.67 bits per heavy atom. The van der Waals surface area contributed by atoms with Crippen LogP contribution in [0.15, 0.2) is 46.2 Å². The van der Waals surface area contributed by atoms with Crippen LogP contribution in [-0.4, -0.2) is 60.5 Å². The number of sulfonamides is 1. The number of hydrogen-bond acceptors (Lipinski definition) is 8. The summed E-state index contributed by atoms with van der Waals surface area (Å²) in [7, 11) is -3.53. The first kappa shape index (κ1) is 19.6. The number of anilines is 1. The zero-order valence-electron chi connectivity index (χ0n) is 16.3. The highest BCUT2D eigenvalue weighted by Crippen LogP contribution is 2.33. The lowest BCUT2D eigenvalue weighted by atomic mass is 10.1. The van der Waals surface area contributed by atoms with Crippen LogP contribution >= 0.6 is 11.3 Å². The molecule has 156 valence electrons. The average Bonchev–Trinajstić information content (AvgIpc) is 3.35. The molecular weight excluding hydrogens is 422 g/mol. The van der Waals surface area contributed by atoms with E-state index in [0.717, 1.165) is 22.6 Å². The van der Waals surface area contributed by atoms with Crippen molar-refractivity contribution in [2.75, 3.05) is 37.7 Å². The molecule has 3 aromatic rings. The molecule has 0 saturated carbocycles. The summed E-state index contributed by atoms with van der Waals surface area (Å²) < 4.78 is 33.6. The van der Waals surface area contributed by atoms with Crippen molar-refractivity contribution in [3.8, 4) is 11.4 Å². The van der Waals surface area contributed by atoms with Crippen molar-refractivity contribution in [2.24, 2.45) is 0 Å². The summed E-state index contributed by atoms with van der Waals surface area (Å²) in [6.45, 7) is 3.35. The van der Waals surface area contributed by atoms with Crippen LogP contribution in [-0.2, 0) is 27.7 Å². The lowest BCUT2D eigenvalue weighted by molar-refractivity contribution is 0.122. The van der Waals surface area contributed by atoms with Crippen LogP contribution in [0.2, 0.25) is 0 Å². The van der Waals surface area contributed by atoms with Crippen molar-refractivity contribution in [1.29, 1.82) is 0 Å². The van der Waals surface area contributed by atoms with Crippen molar-refractivity contribution in [3.63, 3.8) is 0 Å². The van der Waals surface area contributed by atoms with Crippen LogP contribution in [0.5, 0.6) is 0 Å². The molecule has 0 bridgehead atoms. The maximum Gasteiger partial charge on any atom is 0.252 e. The first-order chi connectivity index (χ1) is 14.6. The molecule has 30 heavy (non-hydrogen) atoms. The van der Waals surface area contributed by atoms with Crippen molar-refractivity contribution >= 4 is 27.2 Å². The van der Waals surface area contributed by atoms with Crippen LogP contribution in [0, 0.1) is 0 Å². The van der Waals surface area contributed by atoms with Gasteiger partial charge >= 0.3 is 0 Å². The van der Waals surface area contributed by atoms with E-state index >= 15 is 0 Å². The van der Waals surface area contributed by atoms with Crippen LogP contribution in [0.4, 0.5) is 5.82 Å². The van der Waals surface area contributed by atoms with Crippen LogP contribution in [0.3, 0.4) is 0 Å². The molecule has 2 aliphatic rings. The van der Waals surface area contributed by atoms with Gasteiger partial charge in [-0.15, -0.1) is 11.3 Å². The Bertz CT molecular complexity index is 1130. The number of aromatic nitrogens is 3. The standard InChI is InChI=1S/C20H21N5O3S2/c26-30(27,18-4-2-12-29-18)25-7-5-17-16(14-25)20(24-8-10-28-11-9-24)23-19(22-17)15-3-1-6-21-13-15/h1-4,6,12-13H,5,7-11,14H2. The minimum atomic E-state index is -3.53. The predicted octanol–water partition coefficient (Wildman–Crippen LogP) is 2.18. The van der Waals surface area contributed by atoms with E-state index in [1.54, 1.807) is 29.9 Å². The third-order valence-electron chi connectivity index (χ3n) is 5.32. The van der Waals surface area contributed by atoms with E-state index in [2.05, 4.69) is 9.88 Å². The number of nitrogens with zero attached hydrogens (tertiary/aromatic N) is 5. The first-order valence-corrected chi connectivity index (χ1v) is 12.1.